The average Bonchev–Trinajstić information content (AvgIpc) is 3.38. The summed E-state index contributed by atoms with van der Waals surface area (Å²) >= 11 is 0. The summed E-state index contributed by atoms with van der Waals surface area (Å²) in [5.41, 5.74) is 0. The van der Waals surface area contributed by atoms with Crippen molar-refractivity contribution >= 4 is 0 Å². The summed E-state index contributed by atoms with van der Waals surface area (Å²) in [5, 5.41) is 44.5. The predicted molar refractivity (Wildman–Crippen MR) is 317 cm³/mol. The van der Waals surface area contributed by atoms with Crippen LogP contribution < -0.4 is 0 Å². The van der Waals surface area contributed by atoms with Gasteiger partial charge in [0.25, 0.3) is 0 Å². The lowest BCUT2D eigenvalue weighted by Gasteiger charge is -2.29. The summed E-state index contributed by atoms with van der Waals surface area (Å²) in [6.07, 6.45) is 50.5. The zero-order valence-corrected chi connectivity index (χ0v) is 50.2. The van der Waals surface area contributed by atoms with Crippen LogP contribution in [0.5, 0.6) is 0 Å². The fourth-order valence-corrected chi connectivity index (χ4v) is 10.2. The minimum atomic E-state index is -0.639. The molecule has 74 heavy (non-hydrogen) atoms. The molecular formula is C64H132N2O8. The minimum absolute atomic E-state index is 0.297. The van der Waals surface area contributed by atoms with E-state index in [4.69, 9.17) is 18.9 Å². The minimum Gasteiger partial charge on any atom is -0.389 e. The Balaban J connectivity index is 5.12. The third-order valence-electron chi connectivity index (χ3n) is 14.9. The van der Waals surface area contributed by atoms with E-state index in [0.29, 0.717) is 92.1 Å². The number of aliphatic hydroxyl groups is 4. The maximum absolute atomic E-state index is 11.1. The summed E-state index contributed by atoms with van der Waals surface area (Å²) in [7, 11) is 0. The van der Waals surface area contributed by atoms with Crippen LogP contribution in [0, 0.1) is 0 Å². The topological polar surface area (TPSA) is 124 Å². The van der Waals surface area contributed by atoms with E-state index >= 15 is 0 Å². The van der Waals surface area contributed by atoms with E-state index in [9.17, 15) is 20.4 Å². The van der Waals surface area contributed by atoms with Gasteiger partial charge in [0.15, 0.2) is 0 Å². The molecule has 0 saturated carbocycles. The second kappa shape index (κ2) is 61.8. The molecule has 0 aromatic heterocycles. The van der Waals surface area contributed by atoms with Crippen LogP contribution in [0.1, 0.15) is 297 Å². The molecule has 446 valence electrons. The van der Waals surface area contributed by atoms with Gasteiger partial charge in [0.2, 0.25) is 0 Å². The van der Waals surface area contributed by atoms with Crippen LogP contribution in [0.25, 0.3) is 0 Å². The maximum atomic E-state index is 11.1. The van der Waals surface area contributed by atoms with Crippen LogP contribution in [0.4, 0.5) is 0 Å². The molecule has 4 N–H and O–H groups in total. The molecule has 10 nitrogen and oxygen atoms in total. The Kier molecular flexibility index (Phi) is 61.5. The van der Waals surface area contributed by atoms with Gasteiger partial charge < -0.3 is 39.4 Å². The second-order valence-electron chi connectivity index (χ2n) is 22.9. The van der Waals surface area contributed by atoms with Crippen LogP contribution in [0.3, 0.4) is 0 Å². The highest BCUT2D eigenvalue weighted by molar-refractivity contribution is 4.73. The monoisotopic (exact) mass is 1060 g/mol. The third-order valence-corrected chi connectivity index (χ3v) is 14.9. The van der Waals surface area contributed by atoms with Crippen molar-refractivity contribution < 1.29 is 39.4 Å². The van der Waals surface area contributed by atoms with Crippen molar-refractivity contribution in [1.29, 1.82) is 0 Å². The summed E-state index contributed by atoms with van der Waals surface area (Å²) in [6, 6.07) is 0. The Bertz CT molecular complexity index is 880. The Morgan fingerprint density at radius 3 is 0.568 bits per heavy atom. The molecule has 0 aromatic rings. The molecule has 0 aliphatic carbocycles. The lowest BCUT2D eigenvalue weighted by molar-refractivity contribution is -0.0145. The highest BCUT2D eigenvalue weighted by Gasteiger charge is 2.19. The molecule has 4 atom stereocenters. The normalized spacial score (nSPS) is 13.7. The molecule has 0 aromatic carbocycles. The third kappa shape index (κ3) is 57.8. The second-order valence-corrected chi connectivity index (χ2v) is 22.9. The Morgan fingerprint density at radius 1 is 0.230 bits per heavy atom. The van der Waals surface area contributed by atoms with Gasteiger partial charge >= 0.3 is 0 Å². The van der Waals surface area contributed by atoms with Crippen LogP contribution in [0.2, 0.25) is 0 Å². The Labute approximate surface area is 461 Å². The lowest BCUT2D eigenvalue weighted by Crippen LogP contribution is -2.42. The van der Waals surface area contributed by atoms with Gasteiger partial charge in [-0.25, -0.2) is 0 Å². The van der Waals surface area contributed by atoms with Gasteiger partial charge in [-0.1, -0.05) is 259 Å². The quantitative estimate of drug-likeness (QED) is 0.0438. The molecule has 0 saturated heterocycles. The molecule has 0 heterocycles. The van der Waals surface area contributed by atoms with Gasteiger partial charge in [0.05, 0.1) is 50.8 Å². The number of nitrogens with zero attached hydrogens (tertiary/aromatic N) is 2. The highest BCUT2D eigenvalue weighted by Crippen LogP contribution is 2.15. The summed E-state index contributed by atoms with van der Waals surface area (Å²) in [4.78, 5) is 4.33. The smallest absolute Gasteiger partial charge is 0.0900 e. The first-order valence-corrected chi connectivity index (χ1v) is 32.8. The van der Waals surface area contributed by atoms with Crippen LogP contribution in [0.15, 0.2) is 0 Å². The van der Waals surface area contributed by atoms with Crippen molar-refractivity contribution in [1.82, 2.24) is 9.80 Å². The van der Waals surface area contributed by atoms with Crippen molar-refractivity contribution in [2.75, 3.05) is 92.1 Å². The van der Waals surface area contributed by atoms with Crippen molar-refractivity contribution in [3.63, 3.8) is 0 Å². The van der Waals surface area contributed by atoms with E-state index in [0.717, 1.165) is 38.5 Å². The number of aliphatic hydroxyl groups excluding tert-OH is 4. The molecular weight excluding hydrogens is 925 g/mol. The van der Waals surface area contributed by atoms with Crippen molar-refractivity contribution in [2.45, 2.75) is 322 Å². The van der Waals surface area contributed by atoms with E-state index in [1.165, 1.54) is 231 Å². The van der Waals surface area contributed by atoms with E-state index in [1.54, 1.807) is 0 Å². The van der Waals surface area contributed by atoms with Gasteiger partial charge in [0, 0.05) is 52.6 Å². The van der Waals surface area contributed by atoms with Gasteiger partial charge in [0.1, 0.15) is 0 Å². The molecule has 0 radical (unpaired) electrons. The molecule has 0 fully saturated rings. The summed E-state index contributed by atoms with van der Waals surface area (Å²) in [6.45, 7) is 16.1. The SMILES string of the molecule is CCCCCCCCCCCCOCC(O)CN(CCCCN(CC(O)COCCCCCCCCCCCC)CC(O)COCCCCCCCCCCCC)CC(O)COCCCCCCCCCCCC. The fraction of sp³-hybridized carbons (Fsp3) is 1.00. The predicted octanol–water partition coefficient (Wildman–Crippen LogP) is 15.6. The van der Waals surface area contributed by atoms with E-state index < -0.39 is 24.4 Å². The number of hydrogen-bond donors (Lipinski definition) is 4. The molecule has 0 spiro atoms. The van der Waals surface area contributed by atoms with Crippen molar-refractivity contribution in [3.8, 4) is 0 Å². The van der Waals surface area contributed by atoms with Crippen LogP contribution in [-0.2, 0) is 18.9 Å². The standard InChI is InChI=1S/C64H132N2O8/c1-5-9-13-17-21-25-29-33-37-43-49-71-57-61(67)53-65(54-62(68)58-72-50-44-38-34-30-26-22-18-14-10-6-2)47-41-42-48-66(55-63(69)59-73-51-45-39-35-31-27-23-19-15-11-7-3)56-64(70)60-74-52-46-40-36-32-28-24-20-16-12-8-4/h61-64,67-70H,5-60H2,1-4H3. The van der Waals surface area contributed by atoms with Gasteiger partial charge in [-0.2, -0.15) is 0 Å². The summed E-state index contributed by atoms with van der Waals surface area (Å²) in [5.74, 6) is 0. The average molecular weight is 1060 g/mol. The van der Waals surface area contributed by atoms with Gasteiger partial charge in [-0.3, -0.25) is 9.80 Å². The van der Waals surface area contributed by atoms with E-state index in [-0.39, 0.29) is 0 Å². The fourth-order valence-electron chi connectivity index (χ4n) is 10.2. The number of unbranched alkanes of at least 4 members (excludes halogenated alkanes) is 37. The Hall–Kier alpha value is -0.400. The van der Waals surface area contributed by atoms with E-state index in [1.807, 2.05) is 0 Å². The molecule has 0 rings (SSSR count). The van der Waals surface area contributed by atoms with Crippen molar-refractivity contribution in [3.05, 3.63) is 0 Å². The molecule has 0 aliphatic rings. The zero-order valence-electron chi connectivity index (χ0n) is 50.2. The zero-order chi connectivity index (χ0) is 53.9. The number of hydrogen-bond acceptors (Lipinski definition) is 10. The number of ether oxygens (including phenoxy) is 4. The molecule has 10 heteroatoms. The van der Waals surface area contributed by atoms with Gasteiger partial charge in [-0.15, -0.1) is 0 Å². The number of rotatable bonds is 65. The van der Waals surface area contributed by atoms with Crippen LogP contribution in [-0.4, -0.2) is 147 Å². The summed E-state index contributed by atoms with van der Waals surface area (Å²) < 4.78 is 23.9. The first kappa shape index (κ1) is 73.6. The van der Waals surface area contributed by atoms with Gasteiger partial charge in [-0.05, 0) is 51.6 Å². The first-order chi connectivity index (χ1) is 36.4. The maximum Gasteiger partial charge on any atom is 0.0900 e. The van der Waals surface area contributed by atoms with Crippen LogP contribution >= 0.6 is 0 Å². The van der Waals surface area contributed by atoms with E-state index in [2.05, 4.69) is 37.5 Å². The molecule has 0 aliphatic heterocycles. The largest absolute Gasteiger partial charge is 0.389 e. The highest BCUT2D eigenvalue weighted by atomic mass is 16.5. The van der Waals surface area contributed by atoms with Crippen molar-refractivity contribution in [2.24, 2.45) is 0 Å². The lowest BCUT2D eigenvalue weighted by atomic mass is 10.1. The molecule has 4 unspecified atom stereocenters. The molecule has 0 bridgehead atoms. The molecule has 0 amide bonds. The first-order valence-electron chi connectivity index (χ1n) is 32.8. The Morgan fingerprint density at radius 2 is 0.392 bits per heavy atom.